The summed E-state index contributed by atoms with van der Waals surface area (Å²) in [5, 5.41) is 10.8. The van der Waals surface area contributed by atoms with E-state index in [4.69, 9.17) is 9.90 Å². The number of aromatic amines is 1. The second kappa shape index (κ2) is 9.64. The van der Waals surface area contributed by atoms with Gasteiger partial charge in [-0.2, -0.15) is 13.2 Å². The standard InChI is InChI=1S/C23H22N4.C2HF3O2/c1-15-21(12-22-23(27-15)26-14-25-22)17-8-6-16(7-9-17)13-24-20-10-18-4-2-3-5-19(18)11-20;3-2(4,5)1(6)7/h2-9,12,14,20,24H,10-11,13H2,1H3,(H,25,26,27);(H,6,7). The van der Waals surface area contributed by atoms with Crippen LogP contribution in [0.25, 0.3) is 22.3 Å². The van der Waals surface area contributed by atoms with Crippen molar-refractivity contribution in [3.05, 3.63) is 83.3 Å². The van der Waals surface area contributed by atoms with Gasteiger partial charge in [-0.05, 0) is 48.1 Å². The number of rotatable bonds is 4. The van der Waals surface area contributed by atoms with E-state index in [1.807, 2.05) is 6.92 Å². The number of carbonyl (C=O) groups is 1. The van der Waals surface area contributed by atoms with E-state index in [2.05, 4.69) is 74.9 Å². The number of H-pyrrole nitrogens is 1. The van der Waals surface area contributed by atoms with Crippen LogP contribution in [0.2, 0.25) is 0 Å². The fraction of sp³-hybridized carbons (Fsp3) is 0.240. The molecule has 1 aliphatic rings. The number of aliphatic carboxylic acids is 1. The smallest absolute Gasteiger partial charge is 0.475 e. The van der Waals surface area contributed by atoms with Crippen LogP contribution in [-0.4, -0.2) is 38.2 Å². The van der Waals surface area contributed by atoms with Crippen molar-refractivity contribution in [1.29, 1.82) is 0 Å². The van der Waals surface area contributed by atoms with Crippen LogP contribution in [0.3, 0.4) is 0 Å². The molecular formula is C25H23F3N4O2. The molecule has 6 nitrogen and oxygen atoms in total. The number of nitrogens with one attached hydrogen (secondary N) is 2. The van der Waals surface area contributed by atoms with E-state index in [9.17, 15) is 13.2 Å². The van der Waals surface area contributed by atoms with Crippen molar-refractivity contribution in [3.63, 3.8) is 0 Å². The van der Waals surface area contributed by atoms with Gasteiger partial charge < -0.3 is 15.4 Å². The van der Waals surface area contributed by atoms with Crippen molar-refractivity contribution in [2.45, 2.75) is 38.5 Å². The second-order valence-electron chi connectivity index (χ2n) is 8.15. The maximum atomic E-state index is 10.6. The third kappa shape index (κ3) is 5.43. The lowest BCUT2D eigenvalue weighted by molar-refractivity contribution is -0.192. The van der Waals surface area contributed by atoms with E-state index in [1.54, 1.807) is 6.33 Å². The van der Waals surface area contributed by atoms with Gasteiger partial charge in [-0.3, -0.25) is 0 Å². The van der Waals surface area contributed by atoms with Crippen molar-refractivity contribution in [2.75, 3.05) is 0 Å². The molecule has 0 atom stereocenters. The van der Waals surface area contributed by atoms with Crippen LogP contribution in [-0.2, 0) is 24.2 Å². The van der Waals surface area contributed by atoms with Crippen LogP contribution in [0.15, 0.2) is 60.9 Å². The van der Waals surface area contributed by atoms with Gasteiger partial charge in [-0.25, -0.2) is 14.8 Å². The molecule has 176 valence electrons. The SMILES string of the molecule is Cc1nc2nc[nH]c2cc1-c1ccc(CNC2Cc3ccccc3C2)cc1.O=C(O)C(F)(F)F. The van der Waals surface area contributed by atoms with E-state index >= 15 is 0 Å². The summed E-state index contributed by atoms with van der Waals surface area (Å²) in [5.74, 6) is -2.76. The summed E-state index contributed by atoms with van der Waals surface area (Å²) >= 11 is 0. The van der Waals surface area contributed by atoms with Crippen LogP contribution in [0, 0.1) is 6.92 Å². The van der Waals surface area contributed by atoms with Gasteiger partial charge in [0.05, 0.1) is 11.8 Å². The number of benzene rings is 2. The number of imidazole rings is 1. The van der Waals surface area contributed by atoms with Gasteiger partial charge in [0, 0.05) is 23.8 Å². The first kappa shape index (κ1) is 23.4. The molecular weight excluding hydrogens is 445 g/mol. The molecule has 0 aliphatic heterocycles. The van der Waals surface area contributed by atoms with E-state index in [1.165, 1.54) is 22.3 Å². The Kier molecular flexibility index (Phi) is 6.65. The molecule has 9 heteroatoms. The molecule has 0 radical (unpaired) electrons. The number of hydrogen-bond donors (Lipinski definition) is 3. The number of nitrogens with zero attached hydrogens (tertiary/aromatic N) is 2. The van der Waals surface area contributed by atoms with Crippen molar-refractivity contribution in [2.24, 2.45) is 0 Å². The van der Waals surface area contributed by atoms with E-state index in [0.717, 1.165) is 41.8 Å². The number of hydrogen-bond acceptors (Lipinski definition) is 4. The van der Waals surface area contributed by atoms with E-state index in [-0.39, 0.29) is 0 Å². The highest BCUT2D eigenvalue weighted by Gasteiger charge is 2.38. The Hall–Kier alpha value is -3.72. The maximum absolute atomic E-state index is 10.6. The minimum Gasteiger partial charge on any atom is -0.475 e. The zero-order valence-corrected chi connectivity index (χ0v) is 18.4. The molecule has 0 fully saturated rings. The quantitative estimate of drug-likeness (QED) is 0.399. The first-order valence-electron chi connectivity index (χ1n) is 10.7. The highest BCUT2D eigenvalue weighted by molar-refractivity contribution is 5.79. The number of halogens is 3. The molecule has 0 saturated carbocycles. The van der Waals surface area contributed by atoms with Crippen LogP contribution >= 0.6 is 0 Å². The molecule has 2 aromatic carbocycles. The number of fused-ring (bicyclic) bond motifs is 2. The summed E-state index contributed by atoms with van der Waals surface area (Å²) < 4.78 is 31.7. The summed E-state index contributed by atoms with van der Waals surface area (Å²) in [4.78, 5) is 20.9. The van der Waals surface area contributed by atoms with Gasteiger partial charge in [-0.15, -0.1) is 0 Å². The summed E-state index contributed by atoms with van der Waals surface area (Å²) in [6.07, 6.45) is -1.14. The topological polar surface area (TPSA) is 90.9 Å². The molecule has 2 heterocycles. The second-order valence-corrected chi connectivity index (χ2v) is 8.15. The van der Waals surface area contributed by atoms with Gasteiger partial charge in [0.25, 0.3) is 0 Å². The predicted molar refractivity (Wildman–Crippen MR) is 122 cm³/mol. The zero-order valence-electron chi connectivity index (χ0n) is 18.4. The van der Waals surface area contributed by atoms with E-state index in [0.29, 0.717) is 6.04 Å². The monoisotopic (exact) mass is 468 g/mol. The van der Waals surface area contributed by atoms with Crippen molar-refractivity contribution >= 4 is 17.1 Å². The van der Waals surface area contributed by atoms with Gasteiger partial charge in [0.1, 0.15) is 0 Å². The predicted octanol–water partition coefficient (Wildman–Crippen LogP) is 4.82. The highest BCUT2D eigenvalue weighted by Crippen LogP contribution is 2.26. The van der Waals surface area contributed by atoms with Crippen LogP contribution in [0.1, 0.15) is 22.4 Å². The van der Waals surface area contributed by atoms with Crippen molar-refractivity contribution < 1.29 is 23.1 Å². The molecule has 1 aliphatic carbocycles. The lowest BCUT2D eigenvalue weighted by Crippen LogP contribution is -2.28. The van der Waals surface area contributed by atoms with Crippen LogP contribution < -0.4 is 5.32 Å². The number of pyridine rings is 1. The Morgan fingerprint density at radius 1 is 1.12 bits per heavy atom. The normalized spacial score (nSPS) is 13.4. The van der Waals surface area contributed by atoms with Gasteiger partial charge in [0.15, 0.2) is 5.65 Å². The van der Waals surface area contributed by atoms with Gasteiger partial charge in [-0.1, -0.05) is 48.5 Å². The molecule has 0 bridgehead atoms. The molecule has 0 amide bonds. The number of aryl methyl sites for hydroxylation is 1. The minimum atomic E-state index is -5.08. The molecule has 0 spiro atoms. The Morgan fingerprint density at radius 2 is 1.74 bits per heavy atom. The minimum absolute atomic E-state index is 0.538. The first-order chi connectivity index (χ1) is 16.2. The first-order valence-corrected chi connectivity index (χ1v) is 10.7. The van der Waals surface area contributed by atoms with Crippen LogP contribution in [0.4, 0.5) is 13.2 Å². The zero-order chi connectivity index (χ0) is 24.3. The Labute approximate surface area is 193 Å². The molecule has 0 saturated heterocycles. The third-order valence-electron chi connectivity index (χ3n) is 5.75. The molecule has 34 heavy (non-hydrogen) atoms. The third-order valence-corrected chi connectivity index (χ3v) is 5.75. The van der Waals surface area contributed by atoms with Crippen molar-refractivity contribution in [3.8, 4) is 11.1 Å². The maximum Gasteiger partial charge on any atom is 0.490 e. The average molecular weight is 468 g/mol. The largest absolute Gasteiger partial charge is 0.490 e. The fourth-order valence-electron chi connectivity index (χ4n) is 4.02. The summed E-state index contributed by atoms with van der Waals surface area (Å²) in [7, 11) is 0. The average Bonchev–Trinajstić information content (AvgIpc) is 3.43. The van der Waals surface area contributed by atoms with E-state index < -0.39 is 12.1 Å². The number of carboxylic acid groups (broad SMARTS) is 1. The summed E-state index contributed by atoms with van der Waals surface area (Å²) in [6.45, 7) is 2.94. The summed E-state index contributed by atoms with van der Waals surface area (Å²) in [5.41, 5.74) is 9.37. The molecule has 3 N–H and O–H groups in total. The van der Waals surface area contributed by atoms with Gasteiger partial charge in [0.2, 0.25) is 0 Å². The molecule has 4 aromatic rings. The highest BCUT2D eigenvalue weighted by atomic mass is 19.4. The Morgan fingerprint density at radius 3 is 2.32 bits per heavy atom. The van der Waals surface area contributed by atoms with Gasteiger partial charge >= 0.3 is 12.1 Å². The Balaban J connectivity index is 0.000000344. The summed E-state index contributed by atoms with van der Waals surface area (Å²) in [6, 6.07) is 20.2. The molecule has 2 aromatic heterocycles. The molecule has 5 rings (SSSR count). The number of aromatic nitrogens is 3. The van der Waals surface area contributed by atoms with Crippen LogP contribution in [0.5, 0.6) is 0 Å². The lowest BCUT2D eigenvalue weighted by atomic mass is 10.0. The Bertz CT molecular complexity index is 1270. The lowest BCUT2D eigenvalue weighted by Gasteiger charge is -2.12. The fourth-order valence-corrected chi connectivity index (χ4v) is 4.02. The number of alkyl halides is 3. The number of carboxylic acids is 1. The molecule has 0 unspecified atom stereocenters. The van der Waals surface area contributed by atoms with Crippen molar-refractivity contribution in [1.82, 2.24) is 20.3 Å².